The molecular weight excluding hydrogens is 895 g/mol. The van der Waals surface area contributed by atoms with Crippen LogP contribution < -0.4 is 56.2 Å². The SMILES string of the molecule is COc1ccc2ncc(=O)n(CCC=O)c2c1.COc1ccc2ncc(=O)n(CCCC[C@@H]3CC(=O)N(c4ccc5c(n4)NC(=O)CO5)C3)c2c1.N[C@@H]1CC(=O)N(c2ccc3c(n2)NC(=O)CO3)C1. The van der Waals surface area contributed by atoms with Gasteiger partial charge >= 0.3 is 0 Å². The molecule has 0 unspecified atom stereocenters. The van der Waals surface area contributed by atoms with Crippen LogP contribution >= 0.6 is 0 Å². The molecule has 0 bridgehead atoms. The van der Waals surface area contributed by atoms with Crippen LogP contribution in [-0.2, 0) is 37.1 Å². The summed E-state index contributed by atoms with van der Waals surface area (Å²) in [6.07, 6.45) is 7.04. The van der Waals surface area contributed by atoms with Crippen molar-refractivity contribution in [3.05, 3.63) is 93.8 Å². The molecule has 2 saturated heterocycles. The van der Waals surface area contributed by atoms with Crippen LogP contribution in [0.4, 0.5) is 23.3 Å². The molecule has 69 heavy (non-hydrogen) atoms. The molecule has 0 radical (unpaired) electrons. The second kappa shape index (κ2) is 21.1. The number of nitrogens with zero attached hydrogens (tertiary/aromatic N) is 8. The van der Waals surface area contributed by atoms with Crippen LogP contribution in [0.5, 0.6) is 23.0 Å². The van der Waals surface area contributed by atoms with Crippen molar-refractivity contribution < 1.29 is 42.9 Å². The predicted molar refractivity (Wildman–Crippen MR) is 252 cm³/mol. The van der Waals surface area contributed by atoms with Crippen LogP contribution in [0.2, 0.25) is 0 Å². The molecule has 2 atom stereocenters. The van der Waals surface area contributed by atoms with Crippen molar-refractivity contribution >= 4 is 75.3 Å². The number of benzene rings is 2. The van der Waals surface area contributed by atoms with Gasteiger partial charge in [-0.05, 0) is 67.3 Å². The van der Waals surface area contributed by atoms with E-state index in [1.165, 1.54) is 21.9 Å². The summed E-state index contributed by atoms with van der Waals surface area (Å²) in [5.41, 5.74) is 8.26. The lowest BCUT2D eigenvalue weighted by Gasteiger charge is -2.21. The summed E-state index contributed by atoms with van der Waals surface area (Å²) >= 11 is 0. The smallest absolute Gasteiger partial charge is 0.269 e. The zero-order valence-electron chi connectivity index (χ0n) is 37.8. The Morgan fingerprint density at radius 1 is 0.681 bits per heavy atom. The van der Waals surface area contributed by atoms with Crippen molar-refractivity contribution in [2.24, 2.45) is 11.7 Å². The van der Waals surface area contributed by atoms with Gasteiger partial charge in [0.05, 0.1) is 48.7 Å². The summed E-state index contributed by atoms with van der Waals surface area (Å²) in [6.45, 7) is 1.90. The minimum absolute atomic E-state index is 0.0124. The van der Waals surface area contributed by atoms with Crippen LogP contribution in [0, 0.1) is 5.92 Å². The molecule has 0 saturated carbocycles. The number of aryl methyl sites for hydroxylation is 2. The molecule has 4 aliphatic rings. The lowest BCUT2D eigenvalue weighted by atomic mass is 10.0. The molecule has 358 valence electrons. The van der Waals surface area contributed by atoms with Gasteiger partial charge in [-0.1, -0.05) is 6.42 Å². The molecule has 4 amide bonds. The summed E-state index contributed by atoms with van der Waals surface area (Å²) in [7, 11) is 3.15. The summed E-state index contributed by atoms with van der Waals surface area (Å²) < 4.78 is 24.2. The monoisotopic (exact) mass is 943 g/mol. The molecule has 4 N–H and O–H groups in total. The number of fused-ring (bicyclic) bond motifs is 4. The van der Waals surface area contributed by atoms with E-state index in [-0.39, 0.29) is 59.9 Å². The second-order valence-electron chi connectivity index (χ2n) is 16.4. The fourth-order valence-electron chi connectivity index (χ4n) is 8.24. The van der Waals surface area contributed by atoms with Crippen LogP contribution in [0.3, 0.4) is 0 Å². The lowest BCUT2D eigenvalue weighted by molar-refractivity contribution is -0.119. The van der Waals surface area contributed by atoms with E-state index in [4.69, 9.17) is 24.7 Å². The number of aromatic nitrogens is 6. The fraction of sp³-hybridized carbons (Fsp3) is 0.340. The third-order valence-corrected chi connectivity index (χ3v) is 11.7. The van der Waals surface area contributed by atoms with E-state index in [0.717, 1.165) is 36.6 Å². The number of amides is 4. The number of nitrogens with one attached hydrogen (secondary N) is 2. The number of methoxy groups -OCH3 is 2. The summed E-state index contributed by atoms with van der Waals surface area (Å²) in [4.78, 5) is 102. The predicted octanol–water partition coefficient (Wildman–Crippen LogP) is 2.83. The van der Waals surface area contributed by atoms with Crippen LogP contribution in [-0.4, -0.2) is 106 Å². The number of hydrogen-bond donors (Lipinski definition) is 3. The van der Waals surface area contributed by atoms with Crippen LogP contribution in [0.15, 0.2) is 82.6 Å². The number of ether oxygens (including phenoxy) is 4. The number of hydrogen-bond acceptors (Lipinski definition) is 16. The average molecular weight is 944 g/mol. The Bertz CT molecular complexity index is 3070. The normalized spacial score (nSPS) is 17.0. The largest absolute Gasteiger partial charge is 0.497 e. The maximum atomic E-state index is 12.6. The minimum Gasteiger partial charge on any atom is -0.497 e. The van der Waals surface area contributed by atoms with Gasteiger partial charge in [-0.25, -0.2) is 19.9 Å². The number of aldehydes is 1. The first-order valence-electron chi connectivity index (χ1n) is 22.2. The van der Waals surface area contributed by atoms with Crippen LogP contribution in [0.1, 0.15) is 38.5 Å². The number of carbonyl (C=O) groups is 5. The number of unbranched alkanes of at least 4 members (excludes halogenated alkanes) is 1. The first kappa shape index (κ1) is 47.2. The third-order valence-electron chi connectivity index (χ3n) is 11.7. The lowest BCUT2D eigenvalue weighted by Crippen LogP contribution is -2.30. The highest BCUT2D eigenvalue weighted by molar-refractivity contribution is 5.98. The van der Waals surface area contributed by atoms with Crippen molar-refractivity contribution in [2.45, 2.75) is 57.7 Å². The van der Waals surface area contributed by atoms with Gasteiger partial charge in [0, 0.05) is 63.6 Å². The van der Waals surface area contributed by atoms with Crippen molar-refractivity contribution in [1.82, 2.24) is 29.1 Å². The van der Waals surface area contributed by atoms with Crippen LogP contribution in [0.25, 0.3) is 22.1 Å². The summed E-state index contributed by atoms with van der Waals surface area (Å²) in [6, 6.07) is 17.5. The van der Waals surface area contributed by atoms with E-state index >= 15 is 0 Å². The minimum atomic E-state index is -0.262. The highest BCUT2D eigenvalue weighted by Crippen LogP contribution is 2.33. The number of rotatable bonds is 12. The Morgan fingerprint density at radius 3 is 1.71 bits per heavy atom. The van der Waals surface area contributed by atoms with E-state index < -0.39 is 0 Å². The van der Waals surface area contributed by atoms with Gasteiger partial charge in [-0.3, -0.25) is 38.6 Å². The van der Waals surface area contributed by atoms with Gasteiger partial charge in [0.1, 0.15) is 29.4 Å². The van der Waals surface area contributed by atoms with Gasteiger partial charge < -0.3 is 49.2 Å². The average Bonchev–Trinajstić information content (AvgIpc) is 3.91. The van der Waals surface area contributed by atoms with Gasteiger partial charge in [-0.2, -0.15) is 0 Å². The molecule has 4 aromatic heterocycles. The first-order chi connectivity index (χ1) is 33.4. The highest BCUT2D eigenvalue weighted by atomic mass is 16.5. The van der Waals surface area contributed by atoms with Crippen molar-refractivity contribution in [3.63, 3.8) is 0 Å². The Morgan fingerprint density at radius 2 is 1.20 bits per heavy atom. The summed E-state index contributed by atoms with van der Waals surface area (Å²) in [5.74, 6) is 3.69. The molecule has 4 aliphatic heterocycles. The molecule has 0 spiro atoms. The third kappa shape index (κ3) is 11.0. The van der Waals surface area contributed by atoms with E-state index in [0.29, 0.717) is 103 Å². The zero-order chi connectivity index (χ0) is 48.6. The number of pyridine rings is 2. The number of carbonyl (C=O) groups excluding carboxylic acids is 5. The van der Waals surface area contributed by atoms with Crippen molar-refractivity contribution in [2.75, 3.05) is 61.0 Å². The fourth-order valence-corrected chi connectivity index (χ4v) is 8.24. The van der Waals surface area contributed by atoms with E-state index in [9.17, 15) is 33.6 Å². The van der Waals surface area contributed by atoms with E-state index in [2.05, 4.69) is 30.6 Å². The van der Waals surface area contributed by atoms with Gasteiger partial charge in [0.15, 0.2) is 36.3 Å². The number of anilines is 4. The highest BCUT2D eigenvalue weighted by Gasteiger charge is 2.33. The standard InChI is InChI=1S/C24H25N5O5.C12H12N2O3.C11H12N4O3/c1-33-16-5-6-17-18(11-16)28(23(32)12-25-17)9-3-2-4-15-10-22(31)29(13-15)20-8-7-19-24(26-20)27-21(30)14-34-19;1-17-9-3-4-10-11(7-9)14(5-2-6-15)12(16)8-13-10;12-6-3-10(17)15(4-6)8-2-1-7-11(13-8)14-9(16)5-18-7/h5-8,11-12,15H,2-4,9-10,13-14H2,1H3,(H,26,27,30);3-4,6-8H,2,5H2,1H3;1-2,6H,3-5,12H2,(H,13,14,16)/t15-;;6-/m1.1/s1. The molecule has 8 heterocycles. The molecule has 0 aliphatic carbocycles. The molecule has 22 heteroatoms. The Labute approximate surface area is 393 Å². The molecule has 6 aromatic rings. The molecule has 22 nitrogen and oxygen atoms in total. The Kier molecular flexibility index (Phi) is 14.5. The quantitative estimate of drug-likeness (QED) is 0.118. The molecular formula is C47H49N11O11. The molecule has 2 aromatic carbocycles. The molecule has 2 fully saturated rings. The first-order valence-corrected chi connectivity index (χ1v) is 22.2. The Hall–Kier alpha value is -8.27. The Balaban J connectivity index is 0.000000154. The van der Waals surface area contributed by atoms with Gasteiger partial charge in [0.25, 0.3) is 22.9 Å². The summed E-state index contributed by atoms with van der Waals surface area (Å²) in [5, 5.41) is 5.28. The van der Waals surface area contributed by atoms with Gasteiger partial charge in [-0.15, -0.1) is 0 Å². The number of nitrogens with two attached hydrogens (primary N) is 1. The zero-order valence-corrected chi connectivity index (χ0v) is 37.8. The molecule has 10 rings (SSSR count). The van der Waals surface area contributed by atoms with E-state index in [1.54, 1.807) is 66.2 Å². The van der Waals surface area contributed by atoms with Gasteiger partial charge in [0.2, 0.25) is 11.8 Å². The maximum absolute atomic E-state index is 12.6. The maximum Gasteiger partial charge on any atom is 0.269 e. The second-order valence-corrected chi connectivity index (χ2v) is 16.4. The topological polar surface area (TPSA) is 274 Å². The van der Waals surface area contributed by atoms with Crippen molar-refractivity contribution in [1.29, 1.82) is 0 Å². The van der Waals surface area contributed by atoms with E-state index in [1.807, 2.05) is 18.2 Å². The van der Waals surface area contributed by atoms with Crippen molar-refractivity contribution in [3.8, 4) is 23.0 Å².